The van der Waals surface area contributed by atoms with E-state index in [1.54, 1.807) is 13.0 Å². The molecule has 0 heterocycles. The van der Waals surface area contributed by atoms with Crippen LogP contribution < -0.4 is 10.1 Å². The minimum atomic E-state index is -4.25. The number of hydrogen-bond acceptors (Lipinski definition) is 2. The fourth-order valence-electron chi connectivity index (χ4n) is 1.22. The molecule has 1 rings (SSSR count). The molecule has 0 aliphatic heterocycles. The van der Waals surface area contributed by atoms with Crippen LogP contribution >= 0.6 is 0 Å². The zero-order valence-corrected chi connectivity index (χ0v) is 9.22. The highest BCUT2D eigenvalue weighted by molar-refractivity contribution is 5.23. The Morgan fingerprint density at radius 3 is 2.53 bits per heavy atom. The predicted octanol–water partition coefficient (Wildman–Crippen LogP) is 2.74. The number of rotatable bonds is 5. The van der Waals surface area contributed by atoms with Gasteiger partial charge >= 0.3 is 6.18 Å². The summed E-state index contributed by atoms with van der Waals surface area (Å²) in [5.41, 5.74) is 0. The smallest absolute Gasteiger partial charge is 0.401 e. The van der Waals surface area contributed by atoms with Gasteiger partial charge in [0.15, 0.2) is 11.6 Å². The Hall–Kier alpha value is -1.30. The molecule has 0 saturated carbocycles. The standard InChI is InChI=1S/C11H13F4NO/c1-8(6-16-7-11(13,14)15)17-10-5-3-2-4-9(10)12/h2-5,8,16H,6-7H2,1H3. The molecular formula is C11H13F4NO. The van der Waals surface area contributed by atoms with Crippen molar-refractivity contribution in [2.45, 2.75) is 19.2 Å². The Bertz CT molecular complexity index is 354. The van der Waals surface area contributed by atoms with Gasteiger partial charge in [-0.3, -0.25) is 0 Å². The quantitative estimate of drug-likeness (QED) is 0.812. The second-order valence-electron chi connectivity index (χ2n) is 3.60. The molecule has 0 aliphatic rings. The molecule has 0 spiro atoms. The molecular weight excluding hydrogens is 238 g/mol. The highest BCUT2D eigenvalue weighted by Gasteiger charge is 2.26. The van der Waals surface area contributed by atoms with Crippen molar-refractivity contribution in [3.63, 3.8) is 0 Å². The largest absolute Gasteiger partial charge is 0.486 e. The highest BCUT2D eigenvalue weighted by Crippen LogP contribution is 2.17. The van der Waals surface area contributed by atoms with Gasteiger partial charge in [-0.25, -0.2) is 4.39 Å². The molecule has 0 amide bonds. The normalized spacial score (nSPS) is 13.5. The third-order valence-corrected chi connectivity index (χ3v) is 1.92. The van der Waals surface area contributed by atoms with E-state index in [1.165, 1.54) is 18.2 Å². The molecule has 1 aromatic carbocycles. The lowest BCUT2D eigenvalue weighted by Gasteiger charge is -2.16. The van der Waals surface area contributed by atoms with E-state index in [0.717, 1.165) is 0 Å². The summed E-state index contributed by atoms with van der Waals surface area (Å²) in [4.78, 5) is 0. The number of alkyl halides is 3. The average Bonchev–Trinajstić information content (AvgIpc) is 2.19. The summed E-state index contributed by atoms with van der Waals surface area (Å²) in [5.74, 6) is -0.496. The molecule has 0 saturated heterocycles. The van der Waals surface area contributed by atoms with Crippen molar-refractivity contribution in [2.24, 2.45) is 0 Å². The highest BCUT2D eigenvalue weighted by atomic mass is 19.4. The van der Waals surface area contributed by atoms with Gasteiger partial charge in [0, 0.05) is 6.54 Å². The summed E-state index contributed by atoms with van der Waals surface area (Å²) in [5, 5.41) is 2.19. The lowest BCUT2D eigenvalue weighted by Crippen LogP contribution is -2.35. The van der Waals surface area contributed by atoms with Crippen molar-refractivity contribution in [2.75, 3.05) is 13.1 Å². The molecule has 1 N–H and O–H groups in total. The van der Waals surface area contributed by atoms with E-state index in [2.05, 4.69) is 5.32 Å². The molecule has 0 aromatic heterocycles. The van der Waals surface area contributed by atoms with Crippen LogP contribution in [0.2, 0.25) is 0 Å². The lowest BCUT2D eigenvalue weighted by molar-refractivity contribution is -0.125. The van der Waals surface area contributed by atoms with Crippen LogP contribution in [0.25, 0.3) is 0 Å². The van der Waals surface area contributed by atoms with Gasteiger partial charge < -0.3 is 10.1 Å². The van der Waals surface area contributed by atoms with E-state index in [1.807, 2.05) is 0 Å². The van der Waals surface area contributed by atoms with Crippen molar-refractivity contribution in [3.8, 4) is 5.75 Å². The summed E-state index contributed by atoms with van der Waals surface area (Å²) in [7, 11) is 0. The predicted molar refractivity (Wildman–Crippen MR) is 55.4 cm³/mol. The van der Waals surface area contributed by atoms with Crippen molar-refractivity contribution in [3.05, 3.63) is 30.1 Å². The number of hydrogen-bond donors (Lipinski definition) is 1. The van der Waals surface area contributed by atoms with E-state index in [9.17, 15) is 17.6 Å². The van der Waals surface area contributed by atoms with Gasteiger partial charge in [0.25, 0.3) is 0 Å². The van der Waals surface area contributed by atoms with E-state index in [-0.39, 0.29) is 12.3 Å². The molecule has 1 aromatic rings. The summed E-state index contributed by atoms with van der Waals surface area (Å²) < 4.78 is 53.8. The number of ether oxygens (including phenoxy) is 1. The van der Waals surface area contributed by atoms with Gasteiger partial charge in [-0.05, 0) is 19.1 Å². The van der Waals surface area contributed by atoms with Crippen LogP contribution in [-0.2, 0) is 0 Å². The number of nitrogens with one attached hydrogen (secondary N) is 1. The summed E-state index contributed by atoms with van der Waals surface area (Å²) in [6, 6.07) is 5.75. The maximum absolute atomic E-state index is 13.1. The first-order chi connectivity index (χ1) is 7.88. The fourth-order valence-corrected chi connectivity index (χ4v) is 1.22. The second-order valence-corrected chi connectivity index (χ2v) is 3.60. The first-order valence-corrected chi connectivity index (χ1v) is 5.07. The zero-order valence-electron chi connectivity index (χ0n) is 9.22. The van der Waals surface area contributed by atoms with Gasteiger partial charge in [0.05, 0.1) is 6.54 Å². The van der Waals surface area contributed by atoms with Gasteiger partial charge in [-0.2, -0.15) is 13.2 Å². The maximum Gasteiger partial charge on any atom is 0.401 e. The van der Waals surface area contributed by atoms with Crippen LogP contribution in [0.1, 0.15) is 6.92 Å². The summed E-state index contributed by atoms with van der Waals surface area (Å²) in [6.45, 7) is 0.474. The topological polar surface area (TPSA) is 21.3 Å². The Morgan fingerprint density at radius 2 is 1.94 bits per heavy atom. The summed E-state index contributed by atoms with van der Waals surface area (Å²) in [6.07, 6.45) is -4.80. The number of para-hydroxylation sites is 1. The van der Waals surface area contributed by atoms with Crippen LogP contribution in [0.15, 0.2) is 24.3 Å². The second kappa shape index (κ2) is 5.86. The van der Waals surface area contributed by atoms with Crippen molar-refractivity contribution >= 4 is 0 Å². The Labute approximate surface area is 96.6 Å². The molecule has 2 nitrogen and oxygen atoms in total. The van der Waals surface area contributed by atoms with E-state index < -0.39 is 24.6 Å². The van der Waals surface area contributed by atoms with Gasteiger partial charge in [-0.15, -0.1) is 0 Å². The van der Waals surface area contributed by atoms with Gasteiger partial charge in [0.2, 0.25) is 0 Å². The first kappa shape index (κ1) is 13.8. The zero-order chi connectivity index (χ0) is 12.9. The Morgan fingerprint density at radius 1 is 1.29 bits per heavy atom. The Kier molecular flexibility index (Phi) is 4.74. The maximum atomic E-state index is 13.1. The van der Waals surface area contributed by atoms with Gasteiger partial charge in [-0.1, -0.05) is 12.1 Å². The summed E-state index contributed by atoms with van der Waals surface area (Å²) >= 11 is 0. The Balaban J connectivity index is 2.35. The molecule has 1 atom stereocenters. The number of benzene rings is 1. The lowest BCUT2D eigenvalue weighted by atomic mass is 10.3. The van der Waals surface area contributed by atoms with Crippen molar-refractivity contribution in [1.82, 2.24) is 5.32 Å². The van der Waals surface area contributed by atoms with E-state index >= 15 is 0 Å². The van der Waals surface area contributed by atoms with Crippen molar-refractivity contribution < 1.29 is 22.3 Å². The average molecular weight is 251 g/mol. The monoisotopic (exact) mass is 251 g/mol. The van der Waals surface area contributed by atoms with E-state index in [4.69, 9.17) is 4.74 Å². The van der Waals surface area contributed by atoms with Crippen LogP contribution in [-0.4, -0.2) is 25.4 Å². The molecule has 0 fully saturated rings. The van der Waals surface area contributed by atoms with Crippen LogP contribution in [0.3, 0.4) is 0 Å². The SMILES string of the molecule is CC(CNCC(F)(F)F)Oc1ccccc1F. The van der Waals surface area contributed by atoms with Crippen LogP contribution in [0.5, 0.6) is 5.75 Å². The molecule has 17 heavy (non-hydrogen) atoms. The minimum Gasteiger partial charge on any atom is -0.486 e. The minimum absolute atomic E-state index is 0.00611. The van der Waals surface area contributed by atoms with Gasteiger partial charge in [0.1, 0.15) is 6.10 Å². The molecule has 1 unspecified atom stereocenters. The van der Waals surface area contributed by atoms with Crippen LogP contribution in [0.4, 0.5) is 17.6 Å². The molecule has 0 bridgehead atoms. The fraction of sp³-hybridized carbons (Fsp3) is 0.455. The van der Waals surface area contributed by atoms with Crippen molar-refractivity contribution in [1.29, 1.82) is 0 Å². The molecule has 0 aliphatic carbocycles. The molecule has 96 valence electrons. The molecule has 6 heteroatoms. The molecule has 0 radical (unpaired) electrons. The first-order valence-electron chi connectivity index (χ1n) is 5.07. The van der Waals surface area contributed by atoms with E-state index in [0.29, 0.717) is 0 Å². The van der Waals surface area contributed by atoms with Crippen LogP contribution in [0, 0.1) is 5.82 Å². The number of halogens is 4. The third kappa shape index (κ3) is 5.53. The third-order valence-electron chi connectivity index (χ3n) is 1.92.